The average molecular weight is 265 g/mol. The summed E-state index contributed by atoms with van der Waals surface area (Å²) in [5, 5.41) is 0. The third-order valence-corrected chi connectivity index (χ3v) is 5.37. The summed E-state index contributed by atoms with van der Waals surface area (Å²) in [6.45, 7) is 7.47. The lowest BCUT2D eigenvalue weighted by atomic mass is 9.92. The monoisotopic (exact) mass is 265 g/mol. The Morgan fingerprint density at radius 3 is 2.42 bits per heavy atom. The third-order valence-electron chi connectivity index (χ3n) is 5.37. The summed E-state index contributed by atoms with van der Waals surface area (Å²) in [6.07, 6.45) is 4.83. The number of hydrogen-bond donors (Lipinski definition) is 0. The molecule has 108 valence electrons. The molecule has 0 aromatic rings. The Morgan fingerprint density at radius 1 is 1.00 bits per heavy atom. The second-order valence-corrected chi connectivity index (χ2v) is 6.81. The van der Waals surface area contributed by atoms with E-state index < -0.39 is 0 Å². The molecule has 0 aromatic carbocycles. The minimum atomic E-state index is 0.315. The van der Waals surface area contributed by atoms with E-state index >= 15 is 0 Å². The largest absolute Gasteiger partial charge is 0.325 e. The predicted octanol–water partition coefficient (Wildman–Crippen LogP) is 1.86. The number of piperidine rings is 2. The number of likely N-dealkylation sites (tertiary alicyclic amines) is 3. The zero-order valence-electron chi connectivity index (χ0n) is 12.3. The average Bonchev–Trinajstić information content (AvgIpc) is 2.81. The molecule has 0 unspecified atom stereocenters. The normalized spacial score (nSPS) is 33.6. The van der Waals surface area contributed by atoms with Crippen molar-refractivity contribution in [3.8, 4) is 0 Å². The highest BCUT2D eigenvalue weighted by Crippen LogP contribution is 2.32. The summed E-state index contributed by atoms with van der Waals surface area (Å²) >= 11 is 0. The second kappa shape index (κ2) is 5.31. The summed E-state index contributed by atoms with van der Waals surface area (Å²) < 4.78 is 0. The van der Waals surface area contributed by atoms with E-state index in [0.29, 0.717) is 12.1 Å². The molecule has 2 amide bonds. The molecule has 0 aromatic heterocycles. The Morgan fingerprint density at radius 2 is 1.68 bits per heavy atom. The lowest BCUT2D eigenvalue weighted by molar-refractivity contribution is 0.0994. The maximum Gasteiger partial charge on any atom is 0.320 e. The van der Waals surface area contributed by atoms with Crippen LogP contribution in [0.5, 0.6) is 0 Å². The first-order valence-corrected chi connectivity index (χ1v) is 7.89. The molecule has 0 saturated carbocycles. The van der Waals surface area contributed by atoms with Gasteiger partial charge in [-0.3, -0.25) is 0 Å². The van der Waals surface area contributed by atoms with Crippen molar-refractivity contribution >= 4 is 6.03 Å². The summed E-state index contributed by atoms with van der Waals surface area (Å²) in [7, 11) is 2.18. The Kier molecular flexibility index (Phi) is 3.70. The standard InChI is InChI=1S/C15H27N3O/c1-12-3-8-17(9-4-12)15(19)18-10-6-13-5-7-16(2)11-14(13)18/h12-14H,3-11H2,1-2H3/t13-,14-/m0/s1. The van der Waals surface area contributed by atoms with Crippen LogP contribution in [0.1, 0.15) is 32.6 Å². The van der Waals surface area contributed by atoms with Crippen molar-refractivity contribution in [2.45, 2.75) is 38.6 Å². The summed E-state index contributed by atoms with van der Waals surface area (Å²) in [4.78, 5) is 19.4. The third kappa shape index (κ3) is 2.60. The van der Waals surface area contributed by atoms with Gasteiger partial charge in [0.2, 0.25) is 0 Å². The van der Waals surface area contributed by atoms with Crippen molar-refractivity contribution in [1.82, 2.24) is 14.7 Å². The van der Waals surface area contributed by atoms with Gasteiger partial charge in [0.05, 0.1) is 0 Å². The first-order valence-electron chi connectivity index (χ1n) is 7.89. The Hall–Kier alpha value is -0.770. The number of nitrogens with zero attached hydrogens (tertiary/aromatic N) is 3. The van der Waals surface area contributed by atoms with Gasteiger partial charge in [-0.2, -0.15) is 0 Å². The lowest BCUT2D eigenvalue weighted by Gasteiger charge is -2.40. The second-order valence-electron chi connectivity index (χ2n) is 6.81. The number of carbonyl (C=O) groups excluding carboxylic acids is 1. The topological polar surface area (TPSA) is 26.8 Å². The molecule has 0 bridgehead atoms. The molecular weight excluding hydrogens is 238 g/mol. The summed E-state index contributed by atoms with van der Waals surface area (Å²) in [5.74, 6) is 1.54. The number of urea groups is 1. The summed E-state index contributed by atoms with van der Waals surface area (Å²) in [6, 6.07) is 0.792. The van der Waals surface area contributed by atoms with Gasteiger partial charge in [-0.15, -0.1) is 0 Å². The zero-order valence-corrected chi connectivity index (χ0v) is 12.3. The number of hydrogen-bond acceptors (Lipinski definition) is 2. The van der Waals surface area contributed by atoms with Crippen LogP contribution in [-0.2, 0) is 0 Å². The maximum atomic E-state index is 12.7. The molecule has 0 spiro atoms. The van der Waals surface area contributed by atoms with Gasteiger partial charge < -0.3 is 14.7 Å². The van der Waals surface area contributed by atoms with E-state index in [0.717, 1.165) is 38.0 Å². The molecule has 19 heavy (non-hydrogen) atoms. The van der Waals surface area contributed by atoms with Gasteiger partial charge in [0.1, 0.15) is 0 Å². The van der Waals surface area contributed by atoms with E-state index in [1.807, 2.05) is 0 Å². The van der Waals surface area contributed by atoms with Crippen LogP contribution in [0.15, 0.2) is 0 Å². The highest BCUT2D eigenvalue weighted by atomic mass is 16.2. The Bertz CT molecular complexity index is 338. The van der Waals surface area contributed by atoms with E-state index in [9.17, 15) is 4.79 Å². The number of likely N-dealkylation sites (N-methyl/N-ethyl adjacent to an activating group) is 1. The lowest BCUT2D eigenvalue weighted by Crippen LogP contribution is -2.53. The molecule has 3 rings (SSSR count). The minimum Gasteiger partial charge on any atom is -0.325 e. The van der Waals surface area contributed by atoms with Gasteiger partial charge in [0, 0.05) is 32.2 Å². The molecule has 0 N–H and O–H groups in total. The SMILES string of the molecule is CC1CCN(C(=O)N2CC[C@@H]3CCN(C)C[C@@H]32)CC1. The van der Waals surface area contributed by atoms with Crippen LogP contribution in [0.2, 0.25) is 0 Å². The van der Waals surface area contributed by atoms with E-state index in [2.05, 4.69) is 28.7 Å². The van der Waals surface area contributed by atoms with Gasteiger partial charge in [0.15, 0.2) is 0 Å². The highest BCUT2D eigenvalue weighted by molar-refractivity contribution is 5.75. The van der Waals surface area contributed by atoms with Crippen LogP contribution in [0.25, 0.3) is 0 Å². The van der Waals surface area contributed by atoms with Gasteiger partial charge in [-0.1, -0.05) is 6.92 Å². The quantitative estimate of drug-likeness (QED) is 0.668. The molecule has 3 heterocycles. The van der Waals surface area contributed by atoms with Crippen molar-refractivity contribution in [2.75, 3.05) is 39.8 Å². The van der Waals surface area contributed by atoms with Crippen molar-refractivity contribution < 1.29 is 4.79 Å². The van der Waals surface area contributed by atoms with Crippen molar-refractivity contribution in [3.05, 3.63) is 0 Å². The van der Waals surface area contributed by atoms with Gasteiger partial charge in [-0.05, 0) is 51.1 Å². The van der Waals surface area contributed by atoms with Crippen molar-refractivity contribution in [3.63, 3.8) is 0 Å². The fourth-order valence-corrected chi connectivity index (χ4v) is 3.92. The molecule has 4 heteroatoms. The number of carbonyl (C=O) groups is 1. The molecule has 3 aliphatic rings. The Balaban J connectivity index is 1.63. The van der Waals surface area contributed by atoms with E-state index in [-0.39, 0.29) is 0 Å². The van der Waals surface area contributed by atoms with Gasteiger partial charge in [-0.25, -0.2) is 4.79 Å². The molecule has 0 radical (unpaired) electrons. The smallest absolute Gasteiger partial charge is 0.320 e. The molecular formula is C15H27N3O. The number of rotatable bonds is 0. The van der Waals surface area contributed by atoms with E-state index in [1.54, 1.807) is 0 Å². The fourth-order valence-electron chi connectivity index (χ4n) is 3.92. The predicted molar refractivity (Wildman–Crippen MR) is 76.1 cm³/mol. The molecule has 3 fully saturated rings. The molecule has 4 nitrogen and oxygen atoms in total. The number of amides is 2. The van der Waals surface area contributed by atoms with Gasteiger partial charge >= 0.3 is 6.03 Å². The van der Waals surface area contributed by atoms with Crippen LogP contribution in [-0.4, -0.2) is 66.5 Å². The van der Waals surface area contributed by atoms with Crippen molar-refractivity contribution in [2.24, 2.45) is 11.8 Å². The van der Waals surface area contributed by atoms with E-state index in [1.165, 1.54) is 32.2 Å². The highest BCUT2D eigenvalue weighted by Gasteiger charge is 2.41. The van der Waals surface area contributed by atoms with Gasteiger partial charge in [0.25, 0.3) is 0 Å². The molecule has 2 atom stereocenters. The molecule has 3 saturated heterocycles. The zero-order chi connectivity index (χ0) is 13.4. The van der Waals surface area contributed by atoms with Crippen LogP contribution in [0.4, 0.5) is 4.79 Å². The number of fused-ring (bicyclic) bond motifs is 1. The van der Waals surface area contributed by atoms with Crippen LogP contribution in [0.3, 0.4) is 0 Å². The van der Waals surface area contributed by atoms with Crippen molar-refractivity contribution in [1.29, 1.82) is 0 Å². The van der Waals surface area contributed by atoms with Crippen LogP contribution < -0.4 is 0 Å². The van der Waals surface area contributed by atoms with Crippen LogP contribution >= 0.6 is 0 Å². The Labute approximate surface area is 116 Å². The fraction of sp³-hybridized carbons (Fsp3) is 0.933. The first kappa shape index (κ1) is 13.2. The molecule has 3 aliphatic heterocycles. The molecule has 0 aliphatic carbocycles. The van der Waals surface area contributed by atoms with E-state index in [4.69, 9.17) is 0 Å². The van der Waals surface area contributed by atoms with Crippen LogP contribution in [0, 0.1) is 11.8 Å². The first-order chi connectivity index (χ1) is 9.15. The minimum absolute atomic E-state index is 0.315. The summed E-state index contributed by atoms with van der Waals surface area (Å²) in [5.41, 5.74) is 0. The maximum absolute atomic E-state index is 12.7.